The first-order valence-electron chi connectivity index (χ1n) is 7.69. The molecule has 0 atom stereocenters. The summed E-state index contributed by atoms with van der Waals surface area (Å²) in [6, 6.07) is 3.99. The summed E-state index contributed by atoms with van der Waals surface area (Å²) < 4.78 is 28.6. The van der Waals surface area contributed by atoms with Crippen molar-refractivity contribution < 1.29 is 23.1 Å². The van der Waals surface area contributed by atoms with Crippen molar-refractivity contribution in [1.29, 1.82) is 0 Å². The smallest absolute Gasteiger partial charge is 0.387 e. The SMILES string of the molecule is CCCN(CC(=O)Nc1ccc(OC(F)F)c(Cl)c1)CC(=O)N(C)C. The van der Waals surface area contributed by atoms with Gasteiger partial charge in [-0.1, -0.05) is 18.5 Å². The second-order valence-corrected chi connectivity index (χ2v) is 5.98. The van der Waals surface area contributed by atoms with Crippen LogP contribution < -0.4 is 10.1 Å². The summed E-state index contributed by atoms with van der Waals surface area (Å²) in [5, 5.41) is 2.59. The lowest BCUT2D eigenvalue weighted by atomic mass is 10.3. The molecule has 140 valence electrons. The zero-order valence-electron chi connectivity index (χ0n) is 14.4. The maximum Gasteiger partial charge on any atom is 0.387 e. The normalized spacial score (nSPS) is 10.9. The molecule has 0 aliphatic carbocycles. The van der Waals surface area contributed by atoms with E-state index in [1.54, 1.807) is 19.0 Å². The minimum absolute atomic E-state index is 0.0281. The molecule has 0 aliphatic rings. The first kappa shape index (κ1) is 21.1. The van der Waals surface area contributed by atoms with Gasteiger partial charge < -0.3 is 15.0 Å². The molecule has 0 aliphatic heterocycles. The third-order valence-electron chi connectivity index (χ3n) is 3.20. The van der Waals surface area contributed by atoms with E-state index in [2.05, 4.69) is 10.1 Å². The molecule has 1 aromatic carbocycles. The number of carbonyl (C=O) groups excluding carboxylic acids is 2. The van der Waals surface area contributed by atoms with E-state index in [-0.39, 0.29) is 35.7 Å². The van der Waals surface area contributed by atoms with Crippen LogP contribution in [0.1, 0.15) is 13.3 Å². The van der Waals surface area contributed by atoms with Crippen molar-refractivity contribution in [2.75, 3.05) is 39.0 Å². The van der Waals surface area contributed by atoms with Crippen LogP contribution in [0.2, 0.25) is 5.02 Å². The van der Waals surface area contributed by atoms with Gasteiger partial charge >= 0.3 is 6.61 Å². The number of carbonyl (C=O) groups is 2. The Morgan fingerprint density at radius 3 is 2.48 bits per heavy atom. The molecule has 0 saturated carbocycles. The summed E-state index contributed by atoms with van der Waals surface area (Å²) in [5.74, 6) is -0.602. The number of nitrogens with one attached hydrogen (secondary N) is 1. The predicted octanol–water partition coefficient (Wildman–Crippen LogP) is 2.68. The van der Waals surface area contributed by atoms with Gasteiger partial charge in [-0.2, -0.15) is 8.78 Å². The molecule has 0 fully saturated rings. The second-order valence-electron chi connectivity index (χ2n) is 5.57. The van der Waals surface area contributed by atoms with Gasteiger partial charge in [0, 0.05) is 19.8 Å². The van der Waals surface area contributed by atoms with Crippen LogP contribution in [0, 0.1) is 0 Å². The lowest BCUT2D eigenvalue weighted by Gasteiger charge is -2.22. The number of ether oxygens (including phenoxy) is 1. The average Bonchev–Trinajstić information content (AvgIpc) is 2.49. The molecule has 0 saturated heterocycles. The largest absolute Gasteiger partial charge is 0.433 e. The number of halogens is 3. The van der Waals surface area contributed by atoms with Crippen molar-refractivity contribution in [2.45, 2.75) is 20.0 Å². The van der Waals surface area contributed by atoms with Gasteiger partial charge in [-0.05, 0) is 31.2 Å². The molecule has 6 nitrogen and oxygen atoms in total. The van der Waals surface area contributed by atoms with Crippen LogP contribution in [-0.2, 0) is 9.59 Å². The number of rotatable bonds is 9. The lowest BCUT2D eigenvalue weighted by molar-refractivity contribution is -0.130. The molecule has 9 heteroatoms. The monoisotopic (exact) mass is 377 g/mol. The Hall–Kier alpha value is -1.93. The molecule has 1 N–H and O–H groups in total. The Kier molecular flexibility index (Phi) is 8.57. The van der Waals surface area contributed by atoms with Gasteiger partial charge in [-0.3, -0.25) is 14.5 Å². The Labute approximate surface area is 150 Å². The molecule has 0 unspecified atom stereocenters. The Morgan fingerprint density at radius 1 is 1.28 bits per heavy atom. The molecule has 1 rings (SSSR count). The number of likely N-dealkylation sites (N-methyl/N-ethyl adjacent to an activating group) is 1. The van der Waals surface area contributed by atoms with Crippen molar-refractivity contribution in [1.82, 2.24) is 9.80 Å². The average molecular weight is 378 g/mol. The van der Waals surface area contributed by atoms with Gasteiger partial charge in [-0.25, -0.2) is 0 Å². The van der Waals surface area contributed by atoms with Crippen LogP contribution in [0.15, 0.2) is 18.2 Å². The third-order valence-corrected chi connectivity index (χ3v) is 3.49. The van der Waals surface area contributed by atoms with Crippen LogP contribution in [0.3, 0.4) is 0 Å². The maximum absolute atomic E-state index is 12.2. The number of amides is 2. The fourth-order valence-corrected chi connectivity index (χ4v) is 2.26. The van der Waals surface area contributed by atoms with Crippen LogP contribution in [0.5, 0.6) is 5.75 Å². The Bertz CT molecular complexity index is 600. The van der Waals surface area contributed by atoms with Crippen molar-refractivity contribution in [3.8, 4) is 5.75 Å². The lowest BCUT2D eigenvalue weighted by Crippen LogP contribution is -2.41. The summed E-state index contributed by atoms with van der Waals surface area (Å²) in [7, 11) is 3.30. The van der Waals surface area contributed by atoms with E-state index in [1.165, 1.54) is 23.1 Å². The highest BCUT2D eigenvalue weighted by molar-refractivity contribution is 6.32. The van der Waals surface area contributed by atoms with E-state index in [9.17, 15) is 18.4 Å². The van der Waals surface area contributed by atoms with Gasteiger partial charge in [0.15, 0.2) is 0 Å². The van der Waals surface area contributed by atoms with E-state index < -0.39 is 6.61 Å². The quantitative estimate of drug-likeness (QED) is 0.718. The Morgan fingerprint density at radius 2 is 1.96 bits per heavy atom. The molecule has 0 aromatic heterocycles. The van der Waals surface area contributed by atoms with Gasteiger partial charge in [0.2, 0.25) is 11.8 Å². The van der Waals surface area contributed by atoms with E-state index >= 15 is 0 Å². The minimum atomic E-state index is -2.98. The van der Waals surface area contributed by atoms with Gasteiger partial charge in [0.1, 0.15) is 5.75 Å². The number of nitrogens with zero attached hydrogens (tertiary/aromatic N) is 2. The minimum Gasteiger partial charge on any atom is -0.433 e. The van der Waals surface area contributed by atoms with E-state index in [0.29, 0.717) is 12.2 Å². The summed E-state index contributed by atoms with van der Waals surface area (Å²) in [4.78, 5) is 27.1. The van der Waals surface area contributed by atoms with Gasteiger partial charge in [-0.15, -0.1) is 0 Å². The summed E-state index contributed by atoms with van der Waals surface area (Å²) in [6.45, 7) is -0.271. The Balaban J connectivity index is 2.67. The molecule has 0 heterocycles. The van der Waals surface area contributed by atoms with E-state index in [0.717, 1.165) is 6.42 Å². The van der Waals surface area contributed by atoms with Gasteiger partial charge in [0.25, 0.3) is 0 Å². The fourth-order valence-electron chi connectivity index (χ4n) is 2.04. The topological polar surface area (TPSA) is 61.9 Å². The summed E-state index contributed by atoms with van der Waals surface area (Å²) in [5.41, 5.74) is 0.354. The van der Waals surface area contributed by atoms with Crippen LogP contribution in [-0.4, -0.2) is 62.0 Å². The first-order valence-corrected chi connectivity index (χ1v) is 8.07. The molecule has 0 spiro atoms. The second kappa shape index (κ2) is 10.1. The number of alkyl halides is 2. The number of hydrogen-bond donors (Lipinski definition) is 1. The number of anilines is 1. The van der Waals surface area contributed by atoms with Crippen molar-refractivity contribution in [3.63, 3.8) is 0 Å². The van der Waals surface area contributed by atoms with Crippen LogP contribution >= 0.6 is 11.6 Å². The zero-order chi connectivity index (χ0) is 19.0. The van der Waals surface area contributed by atoms with Crippen molar-refractivity contribution in [3.05, 3.63) is 23.2 Å². The van der Waals surface area contributed by atoms with Crippen molar-refractivity contribution in [2.24, 2.45) is 0 Å². The molecule has 2 amide bonds. The van der Waals surface area contributed by atoms with Crippen LogP contribution in [0.4, 0.5) is 14.5 Å². The number of hydrogen-bond acceptors (Lipinski definition) is 4. The summed E-state index contributed by atoms with van der Waals surface area (Å²) >= 11 is 5.85. The highest BCUT2D eigenvalue weighted by atomic mass is 35.5. The summed E-state index contributed by atoms with van der Waals surface area (Å²) in [6.07, 6.45) is 0.791. The molecule has 0 bridgehead atoms. The molecular formula is C16H22ClF2N3O3. The standard InChI is InChI=1S/C16H22ClF2N3O3/c1-4-7-22(10-15(24)21(2)3)9-14(23)20-11-5-6-13(12(17)8-11)25-16(18)19/h5-6,8,16H,4,7,9-10H2,1-3H3,(H,20,23). The van der Waals surface area contributed by atoms with Crippen LogP contribution in [0.25, 0.3) is 0 Å². The highest BCUT2D eigenvalue weighted by Crippen LogP contribution is 2.28. The zero-order valence-corrected chi connectivity index (χ0v) is 15.1. The van der Waals surface area contributed by atoms with Crippen molar-refractivity contribution >= 4 is 29.1 Å². The predicted molar refractivity (Wildman–Crippen MR) is 92.1 cm³/mol. The maximum atomic E-state index is 12.2. The number of benzene rings is 1. The molecule has 0 radical (unpaired) electrons. The van der Waals surface area contributed by atoms with E-state index in [4.69, 9.17) is 11.6 Å². The molecule has 25 heavy (non-hydrogen) atoms. The molecular weight excluding hydrogens is 356 g/mol. The third kappa shape index (κ3) is 7.66. The first-order chi connectivity index (χ1) is 11.7. The van der Waals surface area contributed by atoms with E-state index in [1.807, 2.05) is 6.92 Å². The highest BCUT2D eigenvalue weighted by Gasteiger charge is 2.16. The van der Waals surface area contributed by atoms with Gasteiger partial charge in [0.05, 0.1) is 18.1 Å². The molecule has 1 aromatic rings. The fraction of sp³-hybridized carbons (Fsp3) is 0.500.